The van der Waals surface area contributed by atoms with Gasteiger partial charge in [0.2, 0.25) is 0 Å². The fraction of sp³-hybridized carbons (Fsp3) is 0. The maximum absolute atomic E-state index is 6.08. The van der Waals surface area contributed by atoms with Gasteiger partial charge in [0.1, 0.15) is 0 Å². The van der Waals surface area contributed by atoms with Crippen molar-refractivity contribution in [2.75, 3.05) is 0 Å². The summed E-state index contributed by atoms with van der Waals surface area (Å²) >= 11 is 12.1. The molecule has 0 radical (unpaired) electrons. The van der Waals surface area contributed by atoms with E-state index in [0.29, 0.717) is 10.0 Å². The zero-order valence-corrected chi connectivity index (χ0v) is 10.3. The average molecular weight is 263 g/mol. The maximum atomic E-state index is 6.08. The Bertz CT molecular complexity index is 689. The number of imidazole rings is 1. The molecule has 3 rings (SSSR count). The fourth-order valence-corrected chi connectivity index (χ4v) is 2.24. The van der Waals surface area contributed by atoms with Crippen LogP contribution < -0.4 is 0 Å². The first-order chi connectivity index (χ1) is 8.25. The molecular weight excluding hydrogens is 255 g/mol. The minimum absolute atomic E-state index is 0.640. The standard InChI is InChI=1S/C13H8Cl2N2/c14-10-4-1-3-9(7-10)12-8-16-13-11(15)5-2-6-17(12)13/h1-8H. The first-order valence-corrected chi connectivity index (χ1v) is 5.89. The summed E-state index contributed by atoms with van der Waals surface area (Å²) in [5.74, 6) is 0. The van der Waals surface area contributed by atoms with Crippen LogP contribution in [0.25, 0.3) is 16.9 Å². The molecule has 2 aromatic heterocycles. The summed E-state index contributed by atoms with van der Waals surface area (Å²) in [6.45, 7) is 0. The van der Waals surface area contributed by atoms with Crippen molar-refractivity contribution in [2.45, 2.75) is 0 Å². The Morgan fingerprint density at radius 2 is 1.94 bits per heavy atom. The molecule has 0 saturated heterocycles. The monoisotopic (exact) mass is 262 g/mol. The van der Waals surface area contributed by atoms with Gasteiger partial charge in [0.25, 0.3) is 0 Å². The lowest BCUT2D eigenvalue weighted by molar-refractivity contribution is 1.19. The Morgan fingerprint density at radius 1 is 1.06 bits per heavy atom. The molecule has 0 fully saturated rings. The molecule has 17 heavy (non-hydrogen) atoms. The molecule has 2 heterocycles. The summed E-state index contributed by atoms with van der Waals surface area (Å²) in [5.41, 5.74) is 2.75. The van der Waals surface area contributed by atoms with E-state index in [9.17, 15) is 0 Å². The third kappa shape index (κ3) is 1.79. The summed E-state index contributed by atoms with van der Waals surface area (Å²) in [5, 5.41) is 1.35. The first kappa shape index (κ1) is 10.6. The highest BCUT2D eigenvalue weighted by atomic mass is 35.5. The minimum Gasteiger partial charge on any atom is -0.298 e. The maximum Gasteiger partial charge on any atom is 0.156 e. The van der Waals surface area contributed by atoms with E-state index in [1.54, 1.807) is 6.20 Å². The van der Waals surface area contributed by atoms with E-state index >= 15 is 0 Å². The fourth-order valence-electron chi connectivity index (χ4n) is 1.84. The van der Waals surface area contributed by atoms with Crippen LogP contribution in [0.1, 0.15) is 0 Å². The van der Waals surface area contributed by atoms with Gasteiger partial charge in [-0.1, -0.05) is 35.3 Å². The Kier molecular flexibility index (Phi) is 2.54. The van der Waals surface area contributed by atoms with Gasteiger partial charge < -0.3 is 0 Å². The van der Waals surface area contributed by atoms with Gasteiger partial charge in [-0.3, -0.25) is 4.40 Å². The van der Waals surface area contributed by atoms with Gasteiger partial charge in [-0.25, -0.2) is 4.98 Å². The van der Waals surface area contributed by atoms with Gasteiger partial charge in [0.05, 0.1) is 16.9 Å². The van der Waals surface area contributed by atoms with Gasteiger partial charge in [-0.15, -0.1) is 0 Å². The lowest BCUT2D eigenvalue weighted by atomic mass is 10.2. The van der Waals surface area contributed by atoms with Crippen molar-refractivity contribution in [3.05, 3.63) is 58.8 Å². The lowest BCUT2D eigenvalue weighted by Gasteiger charge is -2.02. The quantitative estimate of drug-likeness (QED) is 0.639. The molecule has 84 valence electrons. The number of fused-ring (bicyclic) bond motifs is 1. The van der Waals surface area contributed by atoms with Crippen molar-refractivity contribution in [3.63, 3.8) is 0 Å². The van der Waals surface area contributed by atoms with Crippen LogP contribution >= 0.6 is 23.2 Å². The van der Waals surface area contributed by atoms with Crippen LogP contribution in [-0.4, -0.2) is 9.38 Å². The Morgan fingerprint density at radius 3 is 2.76 bits per heavy atom. The van der Waals surface area contributed by atoms with E-state index in [1.165, 1.54) is 0 Å². The second-order valence-corrected chi connectivity index (χ2v) is 4.55. The van der Waals surface area contributed by atoms with Gasteiger partial charge in [0.15, 0.2) is 5.65 Å². The third-order valence-corrected chi connectivity index (χ3v) is 3.14. The third-order valence-electron chi connectivity index (χ3n) is 2.61. The predicted octanol–water partition coefficient (Wildman–Crippen LogP) is 4.31. The minimum atomic E-state index is 0.640. The van der Waals surface area contributed by atoms with Crippen molar-refractivity contribution in [1.82, 2.24) is 9.38 Å². The molecule has 0 atom stereocenters. The molecule has 0 aliphatic rings. The molecule has 0 aliphatic carbocycles. The number of hydrogen-bond donors (Lipinski definition) is 0. The molecule has 0 bridgehead atoms. The van der Waals surface area contributed by atoms with Crippen LogP contribution in [0, 0.1) is 0 Å². The Labute approximate surface area is 108 Å². The molecule has 0 unspecified atom stereocenters. The van der Waals surface area contributed by atoms with E-state index in [1.807, 2.05) is 47.0 Å². The zero-order chi connectivity index (χ0) is 11.8. The summed E-state index contributed by atoms with van der Waals surface area (Å²) in [6.07, 6.45) is 3.73. The number of rotatable bonds is 1. The van der Waals surface area contributed by atoms with Gasteiger partial charge in [-0.2, -0.15) is 0 Å². The Hall–Kier alpha value is -1.51. The number of halogens is 2. The van der Waals surface area contributed by atoms with Crippen molar-refractivity contribution in [1.29, 1.82) is 0 Å². The molecule has 4 heteroatoms. The second-order valence-electron chi connectivity index (χ2n) is 3.70. The van der Waals surface area contributed by atoms with Crippen LogP contribution in [0.15, 0.2) is 48.8 Å². The van der Waals surface area contributed by atoms with Crippen LogP contribution in [0.3, 0.4) is 0 Å². The van der Waals surface area contributed by atoms with E-state index in [4.69, 9.17) is 23.2 Å². The number of aromatic nitrogens is 2. The van der Waals surface area contributed by atoms with E-state index in [2.05, 4.69) is 4.98 Å². The normalized spacial score (nSPS) is 10.9. The van der Waals surface area contributed by atoms with E-state index < -0.39 is 0 Å². The summed E-state index contributed by atoms with van der Waals surface area (Å²) < 4.78 is 1.95. The number of benzene rings is 1. The van der Waals surface area contributed by atoms with Crippen molar-refractivity contribution >= 4 is 28.8 Å². The largest absolute Gasteiger partial charge is 0.298 e. The molecular formula is C13H8Cl2N2. The van der Waals surface area contributed by atoms with Gasteiger partial charge in [0, 0.05) is 16.8 Å². The van der Waals surface area contributed by atoms with Crippen molar-refractivity contribution in [2.24, 2.45) is 0 Å². The smallest absolute Gasteiger partial charge is 0.156 e. The number of nitrogens with zero attached hydrogens (tertiary/aromatic N) is 2. The van der Waals surface area contributed by atoms with Crippen LogP contribution in [0.5, 0.6) is 0 Å². The predicted molar refractivity (Wildman–Crippen MR) is 70.6 cm³/mol. The molecule has 0 N–H and O–H groups in total. The SMILES string of the molecule is Clc1cccc(-c2cnc3c(Cl)cccn23)c1. The first-order valence-electron chi connectivity index (χ1n) is 5.13. The summed E-state index contributed by atoms with van der Waals surface area (Å²) in [6, 6.07) is 11.4. The average Bonchev–Trinajstić information content (AvgIpc) is 2.74. The van der Waals surface area contributed by atoms with Crippen LogP contribution in [-0.2, 0) is 0 Å². The molecule has 1 aromatic carbocycles. The summed E-state index contributed by atoms with van der Waals surface area (Å²) in [4.78, 5) is 4.31. The van der Waals surface area contributed by atoms with E-state index in [-0.39, 0.29) is 0 Å². The summed E-state index contributed by atoms with van der Waals surface area (Å²) in [7, 11) is 0. The number of pyridine rings is 1. The second kappa shape index (κ2) is 4.06. The molecule has 0 aliphatic heterocycles. The molecule has 2 nitrogen and oxygen atoms in total. The topological polar surface area (TPSA) is 17.3 Å². The van der Waals surface area contributed by atoms with Crippen LogP contribution in [0.2, 0.25) is 10.0 Å². The highest BCUT2D eigenvalue weighted by molar-refractivity contribution is 6.33. The molecule has 3 aromatic rings. The number of hydrogen-bond acceptors (Lipinski definition) is 1. The zero-order valence-electron chi connectivity index (χ0n) is 8.77. The lowest BCUT2D eigenvalue weighted by Crippen LogP contribution is -1.87. The molecule has 0 saturated carbocycles. The van der Waals surface area contributed by atoms with Gasteiger partial charge >= 0.3 is 0 Å². The van der Waals surface area contributed by atoms with Crippen molar-refractivity contribution < 1.29 is 0 Å². The highest BCUT2D eigenvalue weighted by Crippen LogP contribution is 2.26. The van der Waals surface area contributed by atoms with Gasteiger partial charge in [-0.05, 0) is 24.3 Å². The molecule has 0 amide bonds. The molecule has 0 spiro atoms. The Balaban J connectivity index is 2.28. The highest BCUT2D eigenvalue weighted by Gasteiger charge is 2.07. The van der Waals surface area contributed by atoms with Crippen LogP contribution in [0.4, 0.5) is 0 Å². The van der Waals surface area contributed by atoms with Crippen molar-refractivity contribution in [3.8, 4) is 11.3 Å². The van der Waals surface area contributed by atoms with E-state index in [0.717, 1.165) is 16.9 Å².